The third kappa shape index (κ3) is 2.51. The van der Waals surface area contributed by atoms with E-state index >= 15 is 0 Å². The van der Waals surface area contributed by atoms with Crippen molar-refractivity contribution in [1.82, 2.24) is 4.37 Å². The standard InChI is InChI=1S/C12H12N2O2S/c1-16-12(15)10-6-11(17-14-10)9-4-2-3-8(5-9)7-13/h2-6H,7,13H2,1H3. The molecule has 1 aromatic heterocycles. The van der Waals surface area contributed by atoms with Crippen LogP contribution in [0.25, 0.3) is 10.4 Å². The summed E-state index contributed by atoms with van der Waals surface area (Å²) >= 11 is 1.27. The molecular weight excluding hydrogens is 236 g/mol. The van der Waals surface area contributed by atoms with Crippen LogP contribution in [0.15, 0.2) is 30.3 Å². The van der Waals surface area contributed by atoms with Gasteiger partial charge in [-0.15, -0.1) is 0 Å². The van der Waals surface area contributed by atoms with Crippen molar-refractivity contribution >= 4 is 17.5 Å². The van der Waals surface area contributed by atoms with E-state index in [2.05, 4.69) is 9.11 Å². The monoisotopic (exact) mass is 248 g/mol. The van der Waals surface area contributed by atoms with Gasteiger partial charge in [0.15, 0.2) is 5.69 Å². The smallest absolute Gasteiger partial charge is 0.357 e. The lowest BCUT2D eigenvalue weighted by Crippen LogP contribution is -2.00. The van der Waals surface area contributed by atoms with Crippen molar-refractivity contribution in [3.8, 4) is 10.4 Å². The van der Waals surface area contributed by atoms with Gasteiger partial charge < -0.3 is 10.5 Å². The van der Waals surface area contributed by atoms with Gasteiger partial charge in [0.1, 0.15) is 0 Å². The van der Waals surface area contributed by atoms with E-state index in [1.54, 1.807) is 6.07 Å². The van der Waals surface area contributed by atoms with Crippen LogP contribution in [0, 0.1) is 0 Å². The summed E-state index contributed by atoms with van der Waals surface area (Å²) in [6.45, 7) is 0.497. The number of ether oxygens (including phenoxy) is 1. The van der Waals surface area contributed by atoms with Gasteiger partial charge in [-0.2, -0.15) is 4.37 Å². The molecule has 0 radical (unpaired) electrons. The van der Waals surface area contributed by atoms with Crippen molar-refractivity contribution in [2.24, 2.45) is 5.73 Å². The van der Waals surface area contributed by atoms with Crippen LogP contribution in [0.3, 0.4) is 0 Å². The number of esters is 1. The predicted molar refractivity (Wildman–Crippen MR) is 66.8 cm³/mol. The van der Waals surface area contributed by atoms with Gasteiger partial charge in [-0.25, -0.2) is 4.79 Å². The summed E-state index contributed by atoms with van der Waals surface area (Å²) in [5, 5.41) is 0. The predicted octanol–water partition coefficient (Wildman–Crippen LogP) is 2.06. The van der Waals surface area contributed by atoms with E-state index in [0.29, 0.717) is 12.2 Å². The molecule has 2 N–H and O–H groups in total. The summed E-state index contributed by atoms with van der Waals surface area (Å²) in [5.74, 6) is -0.414. The zero-order valence-electron chi connectivity index (χ0n) is 9.34. The normalized spacial score (nSPS) is 10.2. The van der Waals surface area contributed by atoms with Crippen LogP contribution in [-0.4, -0.2) is 17.5 Å². The summed E-state index contributed by atoms with van der Waals surface area (Å²) in [7, 11) is 1.34. The number of carbonyl (C=O) groups excluding carboxylic acids is 1. The largest absolute Gasteiger partial charge is 0.464 e. The Bertz CT molecular complexity index is 537. The highest BCUT2D eigenvalue weighted by molar-refractivity contribution is 7.09. The molecule has 0 saturated heterocycles. The molecule has 2 rings (SSSR count). The van der Waals surface area contributed by atoms with E-state index < -0.39 is 5.97 Å². The minimum atomic E-state index is -0.414. The molecule has 1 aromatic carbocycles. The van der Waals surface area contributed by atoms with Gasteiger partial charge in [0, 0.05) is 6.54 Å². The number of aromatic nitrogens is 1. The average molecular weight is 248 g/mol. The number of methoxy groups -OCH3 is 1. The van der Waals surface area contributed by atoms with Crippen LogP contribution in [0.1, 0.15) is 16.1 Å². The molecule has 0 bridgehead atoms. The molecule has 0 atom stereocenters. The first-order chi connectivity index (χ1) is 8.24. The summed E-state index contributed by atoms with van der Waals surface area (Å²) in [4.78, 5) is 12.2. The maximum atomic E-state index is 11.3. The summed E-state index contributed by atoms with van der Waals surface area (Å²) in [6, 6.07) is 9.59. The fourth-order valence-electron chi connectivity index (χ4n) is 1.46. The van der Waals surface area contributed by atoms with E-state index in [1.807, 2.05) is 24.3 Å². The fraction of sp³-hybridized carbons (Fsp3) is 0.167. The quantitative estimate of drug-likeness (QED) is 0.844. The van der Waals surface area contributed by atoms with Crippen molar-refractivity contribution in [3.05, 3.63) is 41.6 Å². The van der Waals surface area contributed by atoms with Crippen LogP contribution in [0.4, 0.5) is 0 Å². The Balaban J connectivity index is 2.33. The van der Waals surface area contributed by atoms with Crippen LogP contribution >= 0.6 is 11.5 Å². The number of benzene rings is 1. The molecule has 0 saturated carbocycles. The number of hydrogen-bond acceptors (Lipinski definition) is 5. The molecule has 0 amide bonds. The molecule has 0 fully saturated rings. The average Bonchev–Trinajstić information content (AvgIpc) is 2.87. The molecule has 88 valence electrons. The third-order valence-corrected chi connectivity index (χ3v) is 3.19. The third-order valence-electron chi connectivity index (χ3n) is 2.35. The molecule has 2 aromatic rings. The Morgan fingerprint density at radius 3 is 3.00 bits per heavy atom. The van der Waals surface area contributed by atoms with Crippen LogP contribution in [0.2, 0.25) is 0 Å². The van der Waals surface area contributed by atoms with Gasteiger partial charge in [0.05, 0.1) is 12.0 Å². The zero-order valence-corrected chi connectivity index (χ0v) is 10.2. The van der Waals surface area contributed by atoms with Crippen molar-refractivity contribution in [1.29, 1.82) is 0 Å². The Hall–Kier alpha value is -1.72. The molecule has 0 aliphatic rings. The van der Waals surface area contributed by atoms with E-state index in [1.165, 1.54) is 18.6 Å². The minimum absolute atomic E-state index is 0.339. The lowest BCUT2D eigenvalue weighted by Gasteiger charge is -1.99. The lowest BCUT2D eigenvalue weighted by atomic mass is 10.1. The summed E-state index contributed by atoms with van der Waals surface area (Å²) in [5.41, 5.74) is 7.99. The highest BCUT2D eigenvalue weighted by atomic mass is 32.1. The number of nitrogens with zero attached hydrogens (tertiary/aromatic N) is 1. The van der Waals surface area contributed by atoms with Crippen LogP contribution < -0.4 is 5.73 Å². The van der Waals surface area contributed by atoms with E-state index in [9.17, 15) is 4.79 Å². The molecule has 17 heavy (non-hydrogen) atoms. The van der Waals surface area contributed by atoms with E-state index in [4.69, 9.17) is 5.73 Å². The van der Waals surface area contributed by atoms with Crippen molar-refractivity contribution < 1.29 is 9.53 Å². The molecule has 1 heterocycles. The molecule has 0 aliphatic heterocycles. The number of rotatable bonds is 3. The Morgan fingerprint density at radius 2 is 2.29 bits per heavy atom. The van der Waals surface area contributed by atoms with Gasteiger partial charge >= 0.3 is 5.97 Å². The fourth-order valence-corrected chi connectivity index (χ4v) is 2.18. The second kappa shape index (κ2) is 5.07. The Labute approximate surface area is 103 Å². The second-order valence-corrected chi connectivity index (χ2v) is 4.28. The molecule has 0 aliphatic carbocycles. The van der Waals surface area contributed by atoms with Crippen molar-refractivity contribution in [2.75, 3.05) is 7.11 Å². The van der Waals surface area contributed by atoms with E-state index in [0.717, 1.165) is 16.0 Å². The topological polar surface area (TPSA) is 65.2 Å². The molecule has 5 heteroatoms. The van der Waals surface area contributed by atoms with Crippen molar-refractivity contribution in [3.63, 3.8) is 0 Å². The zero-order chi connectivity index (χ0) is 12.3. The van der Waals surface area contributed by atoms with Gasteiger partial charge in [-0.3, -0.25) is 0 Å². The maximum absolute atomic E-state index is 11.3. The molecule has 4 nitrogen and oxygen atoms in total. The maximum Gasteiger partial charge on any atom is 0.357 e. The summed E-state index contributed by atoms with van der Waals surface area (Å²) < 4.78 is 8.67. The van der Waals surface area contributed by atoms with Gasteiger partial charge in [-0.05, 0) is 34.8 Å². The van der Waals surface area contributed by atoms with Gasteiger partial charge in [0.25, 0.3) is 0 Å². The van der Waals surface area contributed by atoms with E-state index in [-0.39, 0.29) is 0 Å². The first-order valence-electron chi connectivity index (χ1n) is 5.09. The summed E-state index contributed by atoms with van der Waals surface area (Å²) in [6.07, 6.45) is 0. The highest BCUT2D eigenvalue weighted by Crippen LogP contribution is 2.25. The molecular formula is C12H12N2O2S. The second-order valence-electron chi connectivity index (χ2n) is 3.47. The van der Waals surface area contributed by atoms with Gasteiger partial charge in [-0.1, -0.05) is 18.2 Å². The first-order valence-corrected chi connectivity index (χ1v) is 5.86. The lowest BCUT2D eigenvalue weighted by molar-refractivity contribution is 0.0595. The Morgan fingerprint density at radius 1 is 1.47 bits per heavy atom. The minimum Gasteiger partial charge on any atom is -0.464 e. The van der Waals surface area contributed by atoms with Gasteiger partial charge in [0.2, 0.25) is 0 Å². The van der Waals surface area contributed by atoms with Crippen LogP contribution in [0.5, 0.6) is 0 Å². The molecule has 0 unspecified atom stereocenters. The number of nitrogens with two attached hydrogens (primary N) is 1. The number of hydrogen-bond donors (Lipinski definition) is 1. The van der Waals surface area contributed by atoms with Crippen LogP contribution in [-0.2, 0) is 11.3 Å². The SMILES string of the molecule is COC(=O)c1cc(-c2cccc(CN)c2)sn1. The first kappa shape index (κ1) is 11.8. The number of carbonyl (C=O) groups is 1. The molecule has 0 spiro atoms. The highest BCUT2D eigenvalue weighted by Gasteiger charge is 2.11. The van der Waals surface area contributed by atoms with Crippen molar-refractivity contribution in [2.45, 2.75) is 6.54 Å². The Kier molecular flexibility index (Phi) is 3.51.